The van der Waals surface area contributed by atoms with Crippen LogP contribution in [0.25, 0.3) is 0 Å². The van der Waals surface area contributed by atoms with Crippen LogP contribution in [0.15, 0.2) is 58.5 Å². The van der Waals surface area contributed by atoms with Crippen molar-refractivity contribution in [3.05, 3.63) is 64.8 Å². The summed E-state index contributed by atoms with van der Waals surface area (Å²) in [5.41, 5.74) is 1.58. The third-order valence-electron chi connectivity index (χ3n) is 2.96. The number of amides is 4. The predicted molar refractivity (Wildman–Crippen MR) is 76.5 cm³/mol. The molecule has 0 unspecified atom stereocenters. The molecule has 0 aliphatic carbocycles. The monoisotopic (exact) mass is 280 g/mol. The largest absolute Gasteiger partial charge is 0.368 e. The number of carbonyl (C=O) groups excluding carboxylic acids is 2. The van der Waals surface area contributed by atoms with Gasteiger partial charge in [-0.2, -0.15) is 9.98 Å². The molecule has 4 amide bonds. The Morgan fingerprint density at radius 1 is 1.00 bits per heavy atom. The van der Waals surface area contributed by atoms with Crippen LogP contribution in [0.1, 0.15) is 5.56 Å². The first-order valence-electron chi connectivity index (χ1n) is 6.41. The Kier molecular flexibility index (Phi) is 3.42. The number of fused-ring (bicyclic) bond motifs is 1. The van der Waals surface area contributed by atoms with Gasteiger partial charge in [0.1, 0.15) is 0 Å². The van der Waals surface area contributed by atoms with Gasteiger partial charge in [-0.3, -0.25) is 0 Å². The SMILES string of the molecule is O=C1N=c2ccc(NC(=O)NCc3ccccc3)cc2=N1. The van der Waals surface area contributed by atoms with Gasteiger partial charge in [0.05, 0.1) is 10.7 Å². The third-order valence-corrected chi connectivity index (χ3v) is 2.96. The van der Waals surface area contributed by atoms with Crippen LogP contribution in [0.4, 0.5) is 15.3 Å². The highest BCUT2D eigenvalue weighted by Crippen LogP contribution is 2.02. The second-order valence-electron chi connectivity index (χ2n) is 4.50. The lowest BCUT2D eigenvalue weighted by molar-refractivity contribution is 0.251. The van der Waals surface area contributed by atoms with Crippen LogP contribution in [0, 0.1) is 0 Å². The van der Waals surface area contributed by atoms with Gasteiger partial charge in [-0.05, 0) is 23.8 Å². The first kappa shape index (κ1) is 13.0. The molecule has 6 nitrogen and oxygen atoms in total. The van der Waals surface area contributed by atoms with E-state index < -0.39 is 6.03 Å². The van der Waals surface area contributed by atoms with E-state index in [1.54, 1.807) is 18.2 Å². The van der Waals surface area contributed by atoms with Gasteiger partial charge in [0.2, 0.25) is 0 Å². The summed E-state index contributed by atoms with van der Waals surface area (Å²) in [4.78, 5) is 30.3. The standard InChI is InChI=1S/C15H12N4O2/c20-14(16-9-10-4-2-1-3-5-10)17-11-6-7-12-13(8-11)19-15(21)18-12/h1-8H,9H2,(H2,16,17,20). The molecule has 0 bridgehead atoms. The van der Waals surface area contributed by atoms with E-state index in [2.05, 4.69) is 20.6 Å². The van der Waals surface area contributed by atoms with Crippen molar-refractivity contribution >= 4 is 17.7 Å². The Morgan fingerprint density at radius 3 is 2.57 bits per heavy atom. The molecular weight excluding hydrogens is 268 g/mol. The van der Waals surface area contributed by atoms with Gasteiger partial charge in [0, 0.05) is 12.2 Å². The summed E-state index contributed by atoms with van der Waals surface area (Å²) in [6.07, 6.45) is 0. The van der Waals surface area contributed by atoms with E-state index >= 15 is 0 Å². The maximum absolute atomic E-state index is 11.8. The van der Waals surface area contributed by atoms with Crippen molar-refractivity contribution in [1.29, 1.82) is 0 Å². The number of hydrogen-bond acceptors (Lipinski definition) is 2. The van der Waals surface area contributed by atoms with Crippen LogP contribution in [-0.2, 0) is 6.54 Å². The molecule has 21 heavy (non-hydrogen) atoms. The molecular formula is C15H12N4O2. The number of rotatable bonds is 3. The van der Waals surface area contributed by atoms with Crippen molar-refractivity contribution in [2.75, 3.05) is 5.32 Å². The lowest BCUT2D eigenvalue weighted by Crippen LogP contribution is -2.29. The van der Waals surface area contributed by atoms with Crippen molar-refractivity contribution in [2.24, 2.45) is 9.98 Å². The van der Waals surface area contributed by atoms with Crippen molar-refractivity contribution in [2.45, 2.75) is 6.54 Å². The summed E-state index contributed by atoms with van der Waals surface area (Å²) < 4.78 is 0. The zero-order valence-electron chi connectivity index (χ0n) is 11.0. The van der Waals surface area contributed by atoms with Crippen LogP contribution >= 0.6 is 0 Å². The number of hydrogen-bond donors (Lipinski definition) is 2. The summed E-state index contributed by atoms with van der Waals surface area (Å²) in [5.74, 6) is 0. The molecule has 0 spiro atoms. The second kappa shape index (κ2) is 5.54. The fraction of sp³-hybridized carbons (Fsp3) is 0.0667. The minimum absolute atomic E-state index is 0.319. The zero-order valence-corrected chi connectivity index (χ0v) is 11.0. The van der Waals surface area contributed by atoms with E-state index in [0.717, 1.165) is 5.56 Å². The van der Waals surface area contributed by atoms with Gasteiger partial charge in [-0.15, -0.1) is 0 Å². The van der Waals surface area contributed by atoms with Crippen molar-refractivity contribution < 1.29 is 9.59 Å². The van der Waals surface area contributed by atoms with Crippen molar-refractivity contribution in [3.8, 4) is 0 Å². The summed E-state index contributed by atoms with van der Waals surface area (Å²) in [7, 11) is 0. The normalized spacial score (nSPS) is 12.1. The van der Waals surface area contributed by atoms with Crippen molar-refractivity contribution in [3.63, 3.8) is 0 Å². The van der Waals surface area contributed by atoms with Gasteiger partial charge in [0.25, 0.3) is 0 Å². The van der Waals surface area contributed by atoms with Gasteiger partial charge in [-0.1, -0.05) is 30.3 Å². The number of anilines is 1. The molecule has 3 rings (SSSR count). The number of carbonyl (C=O) groups is 2. The highest BCUT2D eigenvalue weighted by molar-refractivity contribution is 5.89. The molecule has 0 aromatic heterocycles. The van der Waals surface area contributed by atoms with Crippen LogP contribution in [0.2, 0.25) is 0 Å². The molecule has 0 fully saturated rings. The summed E-state index contributed by atoms with van der Waals surface area (Å²) in [5, 5.41) is 6.44. The summed E-state index contributed by atoms with van der Waals surface area (Å²) >= 11 is 0. The quantitative estimate of drug-likeness (QED) is 0.890. The molecule has 0 atom stereocenters. The van der Waals surface area contributed by atoms with Crippen LogP contribution in [0.5, 0.6) is 0 Å². The minimum atomic E-state index is -0.518. The first-order valence-corrected chi connectivity index (χ1v) is 6.41. The molecule has 0 saturated carbocycles. The number of nitrogens with zero attached hydrogens (tertiary/aromatic N) is 2. The molecule has 2 N–H and O–H groups in total. The molecule has 0 radical (unpaired) electrons. The highest BCUT2D eigenvalue weighted by atomic mass is 16.2. The van der Waals surface area contributed by atoms with Gasteiger partial charge in [-0.25, -0.2) is 9.59 Å². The Hall–Kier alpha value is -3.02. The van der Waals surface area contributed by atoms with Crippen molar-refractivity contribution in [1.82, 2.24) is 5.32 Å². The molecule has 0 saturated heterocycles. The topological polar surface area (TPSA) is 82.9 Å². The van der Waals surface area contributed by atoms with E-state index in [4.69, 9.17) is 0 Å². The number of nitrogens with one attached hydrogen (secondary N) is 2. The summed E-state index contributed by atoms with van der Waals surface area (Å²) in [6, 6.07) is 13.7. The van der Waals surface area contributed by atoms with Crippen LogP contribution in [-0.4, -0.2) is 12.1 Å². The zero-order chi connectivity index (χ0) is 14.7. The highest BCUT2D eigenvalue weighted by Gasteiger charge is 2.07. The Labute approximate surface area is 120 Å². The van der Waals surface area contributed by atoms with E-state index in [9.17, 15) is 9.59 Å². The van der Waals surface area contributed by atoms with Crippen LogP contribution in [0.3, 0.4) is 0 Å². The third kappa shape index (κ3) is 3.11. The molecule has 104 valence electrons. The summed E-state index contributed by atoms with van der Waals surface area (Å²) in [6.45, 7) is 0.440. The number of benzene rings is 2. The van der Waals surface area contributed by atoms with Crippen LogP contribution < -0.4 is 21.3 Å². The molecule has 2 aromatic carbocycles. The maximum atomic E-state index is 11.8. The van der Waals surface area contributed by atoms with Gasteiger partial charge in [0.15, 0.2) is 0 Å². The molecule has 1 aliphatic rings. The van der Waals surface area contributed by atoms with E-state index in [-0.39, 0.29) is 6.03 Å². The van der Waals surface area contributed by atoms with Gasteiger partial charge >= 0.3 is 12.1 Å². The van der Waals surface area contributed by atoms with E-state index in [1.807, 2.05) is 30.3 Å². The molecule has 1 heterocycles. The first-order chi connectivity index (χ1) is 10.2. The minimum Gasteiger partial charge on any atom is -0.334 e. The fourth-order valence-corrected chi connectivity index (χ4v) is 1.97. The Bertz CT molecular complexity index is 815. The Balaban J connectivity index is 1.64. The predicted octanol–water partition coefficient (Wildman–Crippen LogP) is 1.38. The lowest BCUT2D eigenvalue weighted by atomic mass is 10.2. The van der Waals surface area contributed by atoms with E-state index in [0.29, 0.717) is 22.9 Å². The smallest absolute Gasteiger partial charge is 0.334 e. The average Bonchev–Trinajstić information content (AvgIpc) is 2.85. The Morgan fingerprint density at radius 2 is 1.76 bits per heavy atom. The number of urea groups is 2. The van der Waals surface area contributed by atoms with E-state index in [1.165, 1.54) is 0 Å². The average molecular weight is 280 g/mol. The lowest BCUT2D eigenvalue weighted by Gasteiger charge is -2.07. The maximum Gasteiger partial charge on any atom is 0.368 e. The molecule has 6 heteroatoms. The molecule has 2 aromatic rings. The van der Waals surface area contributed by atoms with Gasteiger partial charge < -0.3 is 10.6 Å². The molecule has 1 aliphatic heterocycles. The fourth-order valence-electron chi connectivity index (χ4n) is 1.97. The second-order valence-corrected chi connectivity index (χ2v) is 4.50.